The maximum Gasteiger partial charge on any atom is 0.264 e. The highest BCUT2D eigenvalue weighted by atomic mass is 79.9. The Kier molecular flexibility index (Phi) is 7.29. The molecule has 0 bridgehead atoms. The molecule has 0 aliphatic rings. The Morgan fingerprint density at radius 3 is 2.48 bits per heavy atom. The van der Waals surface area contributed by atoms with E-state index in [1.807, 2.05) is 19.1 Å². The fourth-order valence-electron chi connectivity index (χ4n) is 2.95. The minimum Gasteiger partial charge on any atom is -0.459 e. The zero-order chi connectivity index (χ0) is 22.4. The smallest absolute Gasteiger partial charge is 0.264 e. The van der Waals surface area contributed by atoms with Crippen LogP contribution >= 0.6 is 15.9 Å². The van der Waals surface area contributed by atoms with Crippen molar-refractivity contribution in [1.82, 2.24) is 5.43 Å². The van der Waals surface area contributed by atoms with Crippen LogP contribution in [0, 0.1) is 6.92 Å². The third-order valence-electron chi connectivity index (χ3n) is 4.52. The van der Waals surface area contributed by atoms with Crippen LogP contribution in [0.2, 0.25) is 0 Å². The summed E-state index contributed by atoms with van der Waals surface area (Å²) in [7, 11) is -3.97. The molecule has 0 fully saturated rings. The van der Waals surface area contributed by atoms with E-state index < -0.39 is 22.5 Å². The van der Waals surface area contributed by atoms with E-state index in [1.165, 1.54) is 18.3 Å². The lowest BCUT2D eigenvalue weighted by atomic mass is 10.1. The first kappa shape index (κ1) is 22.8. The third kappa shape index (κ3) is 5.42. The van der Waals surface area contributed by atoms with Crippen LogP contribution in [-0.2, 0) is 21.2 Å². The molecule has 9 heteroatoms. The summed E-state index contributed by atoms with van der Waals surface area (Å²) < 4.78 is 34.1. The summed E-state index contributed by atoms with van der Waals surface area (Å²) in [6.07, 6.45) is 1.97. The van der Waals surface area contributed by atoms with Crippen molar-refractivity contribution in [3.8, 4) is 0 Å². The first-order valence-corrected chi connectivity index (χ1v) is 11.8. The Morgan fingerprint density at radius 1 is 1.16 bits per heavy atom. The summed E-state index contributed by atoms with van der Waals surface area (Å²) >= 11 is 3.34. The summed E-state index contributed by atoms with van der Waals surface area (Å²) in [4.78, 5) is 12.7. The monoisotopic (exact) mass is 503 g/mol. The fourth-order valence-corrected chi connectivity index (χ4v) is 4.74. The second-order valence-corrected chi connectivity index (χ2v) is 9.37. The van der Waals surface area contributed by atoms with Gasteiger partial charge < -0.3 is 4.42 Å². The number of rotatable bonds is 8. The molecule has 7 nitrogen and oxygen atoms in total. The number of carbonyl (C=O) groups excluding carboxylic acids is 1. The van der Waals surface area contributed by atoms with E-state index in [-0.39, 0.29) is 4.90 Å². The molecule has 3 aromatic rings. The normalized spacial score (nSPS) is 11.6. The van der Waals surface area contributed by atoms with Crippen molar-refractivity contribution < 1.29 is 17.6 Å². The van der Waals surface area contributed by atoms with Crippen molar-refractivity contribution in [1.29, 1.82) is 0 Å². The van der Waals surface area contributed by atoms with Crippen LogP contribution in [0.1, 0.15) is 24.0 Å². The summed E-state index contributed by atoms with van der Waals surface area (Å²) in [5, 5.41) is 3.88. The summed E-state index contributed by atoms with van der Waals surface area (Å²) in [5.74, 6) is 0.558. The molecular weight excluding hydrogens is 482 g/mol. The average Bonchev–Trinajstić information content (AvgIpc) is 3.09. The van der Waals surface area contributed by atoms with Crippen LogP contribution in [0.5, 0.6) is 0 Å². The number of nitrogens with one attached hydrogen (secondary N) is 1. The Hall–Kier alpha value is -2.91. The van der Waals surface area contributed by atoms with Gasteiger partial charge in [0.1, 0.15) is 18.1 Å². The maximum absolute atomic E-state index is 13.4. The largest absolute Gasteiger partial charge is 0.459 e. The van der Waals surface area contributed by atoms with Crippen molar-refractivity contribution in [2.75, 3.05) is 10.8 Å². The Bertz CT molecular complexity index is 1170. The van der Waals surface area contributed by atoms with Crippen molar-refractivity contribution in [3.63, 3.8) is 0 Å². The summed E-state index contributed by atoms with van der Waals surface area (Å²) in [6, 6.07) is 16.9. The van der Waals surface area contributed by atoms with Gasteiger partial charge in [0.05, 0.1) is 21.3 Å². The van der Waals surface area contributed by atoms with Gasteiger partial charge in [0.25, 0.3) is 15.9 Å². The minimum absolute atomic E-state index is 0.105. The number of furan rings is 1. The molecule has 1 amide bonds. The topological polar surface area (TPSA) is 92.0 Å². The molecule has 0 saturated heterocycles. The molecule has 2 aromatic carbocycles. The van der Waals surface area contributed by atoms with E-state index in [0.29, 0.717) is 23.6 Å². The van der Waals surface area contributed by atoms with Crippen LogP contribution in [0.25, 0.3) is 0 Å². The van der Waals surface area contributed by atoms with E-state index >= 15 is 0 Å². The highest BCUT2D eigenvalue weighted by molar-refractivity contribution is 9.10. The third-order valence-corrected chi connectivity index (χ3v) is 7.08. The Balaban J connectivity index is 1.87. The molecule has 162 valence electrons. The zero-order valence-electron chi connectivity index (χ0n) is 17.1. The number of benzene rings is 2. The van der Waals surface area contributed by atoms with Crippen LogP contribution in [0.3, 0.4) is 0 Å². The lowest BCUT2D eigenvalue weighted by molar-refractivity contribution is -0.119. The van der Waals surface area contributed by atoms with E-state index in [1.54, 1.807) is 43.3 Å². The molecule has 1 N–H and O–H groups in total. The second-order valence-electron chi connectivity index (χ2n) is 6.65. The van der Waals surface area contributed by atoms with Crippen LogP contribution < -0.4 is 9.73 Å². The van der Waals surface area contributed by atoms with Gasteiger partial charge >= 0.3 is 0 Å². The van der Waals surface area contributed by atoms with Gasteiger partial charge in [0, 0.05) is 6.07 Å². The molecule has 1 heterocycles. The van der Waals surface area contributed by atoms with Gasteiger partial charge in [-0.1, -0.05) is 43.3 Å². The molecule has 0 aliphatic carbocycles. The zero-order valence-corrected chi connectivity index (χ0v) is 19.5. The number of carbonyl (C=O) groups is 1. The van der Waals surface area contributed by atoms with Crippen molar-refractivity contribution in [2.45, 2.75) is 25.2 Å². The summed E-state index contributed by atoms with van der Waals surface area (Å²) in [6.45, 7) is 3.30. The van der Waals surface area contributed by atoms with Crippen LogP contribution in [-0.4, -0.2) is 27.1 Å². The van der Waals surface area contributed by atoms with Crippen molar-refractivity contribution >= 4 is 43.8 Å². The van der Waals surface area contributed by atoms with E-state index in [9.17, 15) is 13.2 Å². The Labute approximate surface area is 189 Å². The number of hydrogen-bond donors (Lipinski definition) is 1. The number of hydrazone groups is 1. The Morgan fingerprint density at radius 2 is 1.84 bits per heavy atom. The van der Waals surface area contributed by atoms with E-state index in [2.05, 4.69) is 26.5 Å². The lowest BCUT2D eigenvalue weighted by Crippen LogP contribution is -2.40. The molecule has 0 atom stereocenters. The number of sulfonamides is 1. The number of hydrogen-bond acceptors (Lipinski definition) is 5. The minimum atomic E-state index is -3.97. The molecule has 0 unspecified atom stereocenters. The van der Waals surface area contributed by atoms with Crippen molar-refractivity contribution in [3.05, 3.63) is 82.2 Å². The summed E-state index contributed by atoms with van der Waals surface area (Å²) in [5.41, 5.74) is 3.64. The SMILES string of the molecule is CCc1ccccc1N(CC(=O)N/N=C\c1cc(Br)c(C)o1)S(=O)(=O)c1ccccc1. The molecule has 0 aliphatic heterocycles. The van der Waals surface area contributed by atoms with Gasteiger partial charge in [-0.05, 0) is 53.0 Å². The van der Waals surface area contributed by atoms with Gasteiger partial charge in [-0.2, -0.15) is 5.10 Å². The number of anilines is 1. The first-order valence-electron chi connectivity index (χ1n) is 9.56. The molecule has 3 rings (SSSR count). The number of aryl methyl sites for hydroxylation is 2. The van der Waals surface area contributed by atoms with E-state index in [0.717, 1.165) is 14.3 Å². The first-order chi connectivity index (χ1) is 14.8. The van der Waals surface area contributed by atoms with Gasteiger partial charge in [-0.15, -0.1) is 0 Å². The molecular formula is C22H22BrN3O4S. The van der Waals surface area contributed by atoms with E-state index in [4.69, 9.17) is 4.42 Å². The number of amides is 1. The number of halogens is 1. The molecule has 0 radical (unpaired) electrons. The van der Waals surface area contributed by atoms with Crippen LogP contribution in [0.4, 0.5) is 5.69 Å². The highest BCUT2D eigenvalue weighted by Gasteiger charge is 2.28. The molecule has 0 spiro atoms. The van der Waals surface area contributed by atoms with Gasteiger partial charge in [-0.25, -0.2) is 13.8 Å². The van der Waals surface area contributed by atoms with Gasteiger partial charge in [-0.3, -0.25) is 9.10 Å². The fraction of sp³-hybridized carbons (Fsp3) is 0.182. The molecule has 31 heavy (non-hydrogen) atoms. The number of nitrogens with zero attached hydrogens (tertiary/aromatic N) is 2. The highest BCUT2D eigenvalue weighted by Crippen LogP contribution is 2.27. The van der Waals surface area contributed by atoms with Crippen molar-refractivity contribution in [2.24, 2.45) is 5.10 Å². The standard InChI is InChI=1S/C22H22BrN3O4S/c1-3-17-9-7-8-12-21(17)26(31(28,29)19-10-5-4-6-11-19)15-22(27)25-24-14-18-13-20(23)16(2)30-18/h4-14H,3,15H2,1-2H3,(H,25,27)/b24-14-. The van der Waals surface area contributed by atoms with Gasteiger partial charge in [0.2, 0.25) is 0 Å². The predicted octanol–water partition coefficient (Wildman–Crippen LogP) is 4.26. The maximum atomic E-state index is 13.4. The van der Waals surface area contributed by atoms with Crippen LogP contribution in [0.15, 0.2) is 79.6 Å². The molecule has 0 saturated carbocycles. The molecule has 1 aromatic heterocycles. The quantitative estimate of drug-likeness (QED) is 0.367. The predicted molar refractivity (Wildman–Crippen MR) is 124 cm³/mol. The average molecular weight is 504 g/mol. The second kappa shape index (κ2) is 9.93. The number of para-hydroxylation sites is 1. The van der Waals surface area contributed by atoms with Gasteiger partial charge in [0.15, 0.2) is 0 Å². The lowest BCUT2D eigenvalue weighted by Gasteiger charge is -2.25.